The first-order valence-corrected chi connectivity index (χ1v) is 5.21. The molecule has 0 amide bonds. The van der Waals surface area contributed by atoms with E-state index in [1.54, 1.807) is 36.4 Å². The van der Waals surface area contributed by atoms with E-state index in [0.717, 1.165) is 0 Å². The molecule has 5 nitrogen and oxygen atoms in total. The van der Waals surface area contributed by atoms with E-state index in [-0.39, 0.29) is 0 Å². The van der Waals surface area contributed by atoms with Gasteiger partial charge in [-0.1, -0.05) is 0 Å². The molecule has 90 valence electrons. The van der Waals surface area contributed by atoms with Gasteiger partial charge in [-0.15, -0.1) is 0 Å². The average molecular weight is 241 g/mol. The standard InChI is InChI=1S/C13H11N3O2/c1-17-13-11(15)6-7-12(16-13)18-10-4-2-9(8-14)3-5-10/h2-7H,15H2,1H3. The van der Waals surface area contributed by atoms with Gasteiger partial charge in [0.2, 0.25) is 11.8 Å². The first kappa shape index (κ1) is 11.7. The lowest BCUT2D eigenvalue weighted by atomic mass is 10.2. The Balaban J connectivity index is 2.20. The predicted molar refractivity (Wildman–Crippen MR) is 66.4 cm³/mol. The van der Waals surface area contributed by atoms with Crippen LogP contribution in [0.3, 0.4) is 0 Å². The maximum absolute atomic E-state index is 8.68. The Hall–Kier alpha value is -2.74. The van der Waals surface area contributed by atoms with Crippen LogP contribution in [0.1, 0.15) is 5.56 Å². The summed E-state index contributed by atoms with van der Waals surface area (Å²) < 4.78 is 10.5. The van der Waals surface area contributed by atoms with Gasteiger partial charge in [-0.05, 0) is 30.3 Å². The Morgan fingerprint density at radius 3 is 2.50 bits per heavy atom. The summed E-state index contributed by atoms with van der Waals surface area (Å²) in [4.78, 5) is 4.09. The Bertz CT molecular complexity index is 588. The van der Waals surface area contributed by atoms with E-state index in [1.165, 1.54) is 7.11 Å². The summed E-state index contributed by atoms with van der Waals surface area (Å²) in [5, 5.41) is 8.68. The summed E-state index contributed by atoms with van der Waals surface area (Å²) in [5.74, 6) is 1.29. The van der Waals surface area contributed by atoms with Crippen LogP contribution in [-0.4, -0.2) is 12.1 Å². The van der Waals surface area contributed by atoms with Crippen LogP contribution in [0.4, 0.5) is 5.69 Å². The molecule has 0 spiro atoms. The summed E-state index contributed by atoms with van der Waals surface area (Å²) in [6.45, 7) is 0. The number of rotatable bonds is 3. The van der Waals surface area contributed by atoms with Crippen molar-refractivity contribution >= 4 is 5.69 Å². The second-order valence-corrected chi connectivity index (χ2v) is 3.49. The number of nitrogens with zero attached hydrogens (tertiary/aromatic N) is 2. The molecular formula is C13H11N3O2. The molecule has 5 heteroatoms. The topological polar surface area (TPSA) is 81.2 Å². The van der Waals surface area contributed by atoms with Gasteiger partial charge in [-0.2, -0.15) is 10.2 Å². The number of nitrogen functional groups attached to an aromatic ring is 1. The van der Waals surface area contributed by atoms with Crippen molar-refractivity contribution < 1.29 is 9.47 Å². The van der Waals surface area contributed by atoms with Crippen molar-refractivity contribution in [3.05, 3.63) is 42.0 Å². The van der Waals surface area contributed by atoms with Crippen molar-refractivity contribution in [2.45, 2.75) is 0 Å². The average Bonchev–Trinajstić information content (AvgIpc) is 2.42. The van der Waals surface area contributed by atoms with Crippen LogP contribution in [-0.2, 0) is 0 Å². The molecule has 0 aliphatic rings. The van der Waals surface area contributed by atoms with Gasteiger partial charge in [0.25, 0.3) is 0 Å². The molecule has 0 bridgehead atoms. The van der Waals surface area contributed by atoms with E-state index in [1.807, 2.05) is 6.07 Å². The van der Waals surface area contributed by atoms with Gasteiger partial charge in [-0.3, -0.25) is 0 Å². The second kappa shape index (κ2) is 5.06. The molecule has 0 saturated carbocycles. The minimum absolute atomic E-state index is 0.321. The number of anilines is 1. The van der Waals surface area contributed by atoms with Crippen molar-refractivity contribution in [2.24, 2.45) is 0 Å². The fraction of sp³-hybridized carbons (Fsp3) is 0.0769. The number of pyridine rings is 1. The second-order valence-electron chi connectivity index (χ2n) is 3.49. The molecule has 18 heavy (non-hydrogen) atoms. The van der Waals surface area contributed by atoms with Gasteiger partial charge in [0, 0.05) is 6.07 Å². The third-order valence-electron chi connectivity index (χ3n) is 2.26. The molecule has 2 N–H and O–H groups in total. The lowest BCUT2D eigenvalue weighted by Crippen LogP contribution is -1.96. The van der Waals surface area contributed by atoms with Gasteiger partial charge in [0.1, 0.15) is 5.75 Å². The Labute approximate surface area is 104 Å². The summed E-state index contributed by atoms with van der Waals surface area (Å²) >= 11 is 0. The van der Waals surface area contributed by atoms with Gasteiger partial charge < -0.3 is 15.2 Å². The van der Waals surface area contributed by atoms with Crippen LogP contribution in [0.2, 0.25) is 0 Å². The Morgan fingerprint density at radius 1 is 1.17 bits per heavy atom. The summed E-state index contributed by atoms with van der Waals surface area (Å²) in [5.41, 5.74) is 6.68. The van der Waals surface area contributed by atoms with Crippen molar-refractivity contribution in [1.82, 2.24) is 4.98 Å². The fourth-order valence-corrected chi connectivity index (χ4v) is 1.37. The van der Waals surface area contributed by atoms with Crippen LogP contribution < -0.4 is 15.2 Å². The first-order chi connectivity index (χ1) is 8.72. The number of aromatic nitrogens is 1. The third kappa shape index (κ3) is 2.50. The maximum Gasteiger partial charge on any atom is 0.240 e. The molecule has 1 aromatic heterocycles. The van der Waals surface area contributed by atoms with Gasteiger partial charge in [-0.25, -0.2) is 0 Å². The minimum Gasteiger partial charge on any atom is -0.479 e. The van der Waals surface area contributed by atoms with Gasteiger partial charge >= 0.3 is 0 Å². The van der Waals surface area contributed by atoms with Crippen LogP contribution in [0.15, 0.2) is 36.4 Å². The lowest BCUT2D eigenvalue weighted by molar-refractivity contribution is 0.385. The zero-order valence-electron chi connectivity index (χ0n) is 9.75. The van der Waals surface area contributed by atoms with E-state index < -0.39 is 0 Å². The van der Waals surface area contributed by atoms with E-state index >= 15 is 0 Å². The molecule has 2 aromatic rings. The zero-order valence-corrected chi connectivity index (χ0v) is 9.75. The summed E-state index contributed by atoms with van der Waals surface area (Å²) in [6, 6.07) is 12.1. The molecule has 0 fully saturated rings. The van der Waals surface area contributed by atoms with Crippen LogP contribution in [0.25, 0.3) is 0 Å². The Kier molecular flexibility index (Phi) is 3.30. The summed E-state index contributed by atoms with van der Waals surface area (Å²) in [6.07, 6.45) is 0. The third-order valence-corrected chi connectivity index (χ3v) is 2.26. The fourth-order valence-electron chi connectivity index (χ4n) is 1.37. The monoisotopic (exact) mass is 241 g/mol. The van der Waals surface area contributed by atoms with Gasteiger partial charge in [0.15, 0.2) is 0 Å². The molecule has 0 aliphatic heterocycles. The molecular weight excluding hydrogens is 230 g/mol. The van der Waals surface area contributed by atoms with Crippen LogP contribution in [0.5, 0.6) is 17.5 Å². The molecule has 1 aromatic carbocycles. The van der Waals surface area contributed by atoms with Gasteiger partial charge in [0.05, 0.1) is 24.4 Å². The van der Waals surface area contributed by atoms with Crippen LogP contribution in [0, 0.1) is 11.3 Å². The van der Waals surface area contributed by atoms with Crippen molar-refractivity contribution in [1.29, 1.82) is 5.26 Å². The predicted octanol–water partition coefficient (Wildman–Crippen LogP) is 2.34. The number of nitriles is 1. The smallest absolute Gasteiger partial charge is 0.240 e. The highest BCUT2D eigenvalue weighted by Crippen LogP contribution is 2.25. The maximum atomic E-state index is 8.68. The zero-order chi connectivity index (χ0) is 13.0. The normalized spacial score (nSPS) is 9.56. The van der Waals surface area contributed by atoms with Crippen molar-refractivity contribution in [3.8, 4) is 23.6 Å². The molecule has 0 atom stereocenters. The highest BCUT2D eigenvalue weighted by atomic mass is 16.5. The molecule has 1 heterocycles. The molecule has 0 radical (unpaired) electrons. The number of hydrogen-bond donors (Lipinski definition) is 1. The van der Waals surface area contributed by atoms with E-state index in [0.29, 0.717) is 28.8 Å². The van der Waals surface area contributed by atoms with Crippen LogP contribution >= 0.6 is 0 Å². The summed E-state index contributed by atoms with van der Waals surface area (Å²) in [7, 11) is 1.49. The number of benzene rings is 1. The van der Waals surface area contributed by atoms with E-state index in [4.69, 9.17) is 20.5 Å². The number of nitrogens with two attached hydrogens (primary N) is 1. The SMILES string of the molecule is COc1nc(Oc2ccc(C#N)cc2)ccc1N. The molecule has 0 saturated heterocycles. The quantitative estimate of drug-likeness (QED) is 0.891. The molecule has 0 aliphatic carbocycles. The Morgan fingerprint density at radius 2 is 1.89 bits per heavy atom. The van der Waals surface area contributed by atoms with Crippen molar-refractivity contribution in [2.75, 3.05) is 12.8 Å². The van der Waals surface area contributed by atoms with E-state index in [2.05, 4.69) is 4.98 Å². The lowest BCUT2D eigenvalue weighted by Gasteiger charge is -2.07. The first-order valence-electron chi connectivity index (χ1n) is 5.21. The number of methoxy groups -OCH3 is 1. The molecule has 2 rings (SSSR count). The van der Waals surface area contributed by atoms with Crippen molar-refractivity contribution in [3.63, 3.8) is 0 Å². The minimum atomic E-state index is 0.321. The highest BCUT2D eigenvalue weighted by molar-refractivity contribution is 5.49. The largest absolute Gasteiger partial charge is 0.479 e. The number of ether oxygens (including phenoxy) is 2. The molecule has 0 unspecified atom stereocenters. The van der Waals surface area contributed by atoms with E-state index in [9.17, 15) is 0 Å². The number of hydrogen-bond acceptors (Lipinski definition) is 5. The highest BCUT2D eigenvalue weighted by Gasteiger charge is 2.04.